The van der Waals surface area contributed by atoms with Gasteiger partial charge in [-0.05, 0) is 55.6 Å². The predicted octanol–water partition coefficient (Wildman–Crippen LogP) is 2.54. The van der Waals surface area contributed by atoms with E-state index in [4.69, 9.17) is 5.73 Å². The van der Waals surface area contributed by atoms with E-state index in [0.717, 1.165) is 37.3 Å². The van der Waals surface area contributed by atoms with Gasteiger partial charge in [0.25, 0.3) is 0 Å². The fourth-order valence-corrected chi connectivity index (χ4v) is 3.05. The highest BCUT2D eigenvalue weighted by molar-refractivity contribution is 5.82. The molecule has 0 bridgehead atoms. The van der Waals surface area contributed by atoms with Crippen molar-refractivity contribution >= 4 is 10.9 Å². The summed E-state index contributed by atoms with van der Waals surface area (Å²) in [4.78, 5) is 6.76. The molecule has 1 fully saturated rings. The van der Waals surface area contributed by atoms with Crippen LogP contribution in [0.1, 0.15) is 18.4 Å². The lowest BCUT2D eigenvalue weighted by atomic mass is 9.97. The van der Waals surface area contributed by atoms with E-state index < -0.39 is 0 Å². The molecule has 2 aromatic rings. The quantitative estimate of drug-likeness (QED) is 0.934. The lowest BCUT2D eigenvalue weighted by Gasteiger charge is -2.32. The van der Waals surface area contributed by atoms with Gasteiger partial charge in [-0.1, -0.05) is 6.07 Å². The van der Waals surface area contributed by atoms with Crippen LogP contribution in [0.2, 0.25) is 0 Å². The number of aromatic nitrogens is 1. The average molecular weight is 273 g/mol. The van der Waals surface area contributed by atoms with E-state index in [1.807, 2.05) is 6.07 Å². The highest BCUT2D eigenvalue weighted by Gasteiger charge is 2.19. The molecule has 1 unspecified atom stereocenters. The summed E-state index contributed by atoms with van der Waals surface area (Å²) >= 11 is 0. The second kappa shape index (κ2) is 5.85. The van der Waals surface area contributed by atoms with Crippen LogP contribution in [0.5, 0.6) is 0 Å². The third-order valence-electron chi connectivity index (χ3n) is 4.13. The fourth-order valence-electron chi connectivity index (χ4n) is 3.05. The SMILES string of the molecule is NCC1CCCN(Cc2ccc(F)c3cccnc23)C1. The maximum absolute atomic E-state index is 13.8. The van der Waals surface area contributed by atoms with Gasteiger partial charge in [0.1, 0.15) is 5.82 Å². The lowest BCUT2D eigenvalue weighted by molar-refractivity contribution is 0.171. The zero-order valence-electron chi connectivity index (χ0n) is 11.6. The molecule has 1 aliphatic heterocycles. The topological polar surface area (TPSA) is 42.1 Å². The van der Waals surface area contributed by atoms with Crippen LogP contribution in [0, 0.1) is 11.7 Å². The first kappa shape index (κ1) is 13.5. The van der Waals surface area contributed by atoms with Crippen molar-refractivity contribution in [3.63, 3.8) is 0 Å². The smallest absolute Gasteiger partial charge is 0.132 e. The van der Waals surface area contributed by atoms with Crippen LogP contribution in [0.4, 0.5) is 4.39 Å². The number of hydrogen-bond donors (Lipinski definition) is 1. The van der Waals surface area contributed by atoms with Crippen molar-refractivity contribution in [2.75, 3.05) is 19.6 Å². The molecular weight excluding hydrogens is 253 g/mol. The first-order chi connectivity index (χ1) is 9.78. The number of piperidine rings is 1. The molecule has 3 nitrogen and oxygen atoms in total. The second-order valence-corrected chi connectivity index (χ2v) is 5.59. The molecule has 2 N–H and O–H groups in total. The van der Waals surface area contributed by atoms with E-state index in [-0.39, 0.29) is 5.82 Å². The summed E-state index contributed by atoms with van der Waals surface area (Å²) < 4.78 is 13.8. The molecule has 0 saturated carbocycles. The van der Waals surface area contributed by atoms with Gasteiger partial charge in [-0.2, -0.15) is 0 Å². The van der Waals surface area contributed by atoms with Gasteiger partial charge in [0.05, 0.1) is 5.52 Å². The van der Waals surface area contributed by atoms with Crippen LogP contribution in [0.15, 0.2) is 30.5 Å². The van der Waals surface area contributed by atoms with E-state index in [1.54, 1.807) is 24.4 Å². The highest BCUT2D eigenvalue weighted by Crippen LogP contribution is 2.23. The summed E-state index contributed by atoms with van der Waals surface area (Å²) in [5, 5.41) is 0.609. The monoisotopic (exact) mass is 273 g/mol. The normalized spacial score (nSPS) is 20.4. The Labute approximate surface area is 118 Å². The molecule has 106 valence electrons. The summed E-state index contributed by atoms with van der Waals surface area (Å²) in [7, 11) is 0. The third-order valence-corrected chi connectivity index (χ3v) is 4.13. The molecule has 2 heterocycles. The summed E-state index contributed by atoms with van der Waals surface area (Å²) in [6.45, 7) is 3.69. The van der Waals surface area contributed by atoms with Crippen LogP contribution in [0.3, 0.4) is 0 Å². The van der Waals surface area contributed by atoms with Crippen LogP contribution in [-0.4, -0.2) is 29.5 Å². The van der Waals surface area contributed by atoms with Crippen molar-refractivity contribution in [2.24, 2.45) is 11.7 Å². The minimum Gasteiger partial charge on any atom is -0.330 e. The molecule has 0 spiro atoms. The van der Waals surface area contributed by atoms with Crippen molar-refractivity contribution in [3.05, 3.63) is 41.8 Å². The highest BCUT2D eigenvalue weighted by atomic mass is 19.1. The number of rotatable bonds is 3. The minimum atomic E-state index is -0.199. The predicted molar refractivity (Wildman–Crippen MR) is 78.8 cm³/mol. The molecule has 0 aliphatic carbocycles. The van der Waals surface area contributed by atoms with Crippen LogP contribution in [0.25, 0.3) is 10.9 Å². The lowest BCUT2D eigenvalue weighted by Crippen LogP contribution is -2.37. The maximum atomic E-state index is 13.8. The van der Waals surface area contributed by atoms with E-state index in [0.29, 0.717) is 11.3 Å². The van der Waals surface area contributed by atoms with Crippen molar-refractivity contribution < 1.29 is 4.39 Å². The molecule has 4 heteroatoms. The molecule has 1 aromatic heterocycles. The molecule has 1 aromatic carbocycles. The number of nitrogens with two attached hydrogens (primary N) is 1. The van der Waals surface area contributed by atoms with E-state index in [9.17, 15) is 4.39 Å². The summed E-state index contributed by atoms with van der Waals surface area (Å²) in [6, 6.07) is 6.97. The Hall–Kier alpha value is -1.52. The molecule has 1 saturated heterocycles. The van der Waals surface area contributed by atoms with Gasteiger partial charge in [0, 0.05) is 24.7 Å². The number of fused-ring (bicyclic) bond motifs is 1. The molecule has 20 heavy (non-hydrogen) atoms. The average Bonchev–Trinajstić information content (AvgIpc) is 2.51. The van der Waals surface area contributed by atoms with Crippen molar-refractivity contribution in [2.45, 2.75) is 19.4 Å². The van der Waals surface area contributed by atoms with Gasteiger partial charge < -0.3 is 5.73 Å². The molecule has 3 rings (SSSR count). The van der Waals surface area contributed by atoms with Gasteiger partial charge in [-0.3, -0.25) is 9.88 Å². The van der Waals surface area contributed by atoms with E-state index in [2.05, 4.69) is 9.88 Å². The number of benzene rings is 1. The standard InChI is InChI=1S/C16H20FN3/c17-15-6-5-13(16-14(15)4-1-7-19-16)11-20-8-2-3-12(9-18)10-20/h1,4-7,12H,2-3,8-11,18H2. The number of likely N-dealkylation sites (tertiary alicyclic amines) is 1. The number of pyridine rings is 1. The van der Waals surface area contributed by atoms with Crippen molar-refractivity contribution in [3.8, 4) is 0 Å². The zero-order valence-corrected chi connectivity index (χ0v) is 11.6. The molecule has 0 amide bonds. The first-order valence-corrected chi connectivity index (χ1v) is 7.22. The summed E-state index contributed by atoms with van der Waals surface area (Å²) in [6.07, 6.45) is 4.13. The van der Waals surface area contributed by atoms with E-state index in [1.165, 1.54) is 12.8 Å². The Balaban J connectivity index is 1.86. The molecular formula is C16H20FN3. The number of nitrogens with zero attached hydrogens (tertiary/aromatic N) is 2. The summed E-state index contributed by atoms with van der Waals surface area (Å²) in [5.74, 6) is 0.388. The van der Waals surface area contributed by atoms with Crippen LogP contribution in [-0.2, 0) is 6.54 Å². The molecule has 1 atom stereocenters. The van der Waals surface area contributed by atoms with Crippen LogP contribution < -0.4 is 5.73 Å². The van der Waals surface area contributed by atoms with Crippen molar-refractivity contribution in [1.29, 1.82) is 0 Å². The Kier molecular flexibility index (Phi) is 3.94. The Bertz CT molecular complexity index is 599. The van der Waals surface area contributed by atoms with E-state index >= 15 is 0 Å². The van der Waals surface area contributed by atoms with Gasteiger partial charge in [0.2, 0.25) is 0 Å². The van der Waals surface area contributed by atoms with Gasteiger partial charge >= 0.3 is 0 Å². The zero-order chi connectivity index (χ0) is 13.9. The second-order valence-electron chi connectivity index (χ2n) is 5.59. The van der Waals surface area contributed by atoms with Gasteiger partial charge in [-0.15, -0.1) is 0 Å². The first-order valence-electron chi connectivity index (χ1n) is 7.22. The fraction of sp³-hybridized carbons (Fsp3) is 0.438. The Morgan fingerprint density at radius 2 is 2.25 bits per heavy atom. The van der Waals surface area contributed by atoms with Gasteiger partial charge in [0.15, 0.2) is 0 Å². The van der Waals surface area contributed by atoms with Crippen LogP contribution >= 0.6 is 0 Å². The number of halogens is 1. The minimum absolute atomic E-state index is 0.199. The van der Waals surface area contributed by atoms with Gasteiger partial charge in [-0.25, -0.2) is 4.39 Å². The summed E-state index contributed by atoms with van der Waals surface area (Å²) in [5.41, 5.74) is 7.66. The third kappa shape index (κ3) is 2.67. The van der Waals surface area contributed by atoms with Crippen molar-refractivity contribution in [1.82, 2.24) is 9.88 Å². The maximum Gasteiger partial charge on any atom is 0.132 e. The number of hydrogen-bond acceptors (Lipinski definition) is 3. The molecule has 0 radical (unpaired) electrons. The largest absolute Gasteiger partial charge is 0.330 e. The Morgan fingerprint density at radius 3 is 3.10 bits per heavy atom. The molecule has 1 aliphatic rings. The Morgan fingerprint density at radius 1 is 1.35 bits per heavy atom.